The molecule has 3 fully saturated rings. The summed E-state index contributed by atoms with van der Waals surface area (Å²) in [5, 5.41) is 8.24. The van der Waals surface area contributed by atoms with E-state index in [1.54, 1.807) is 0 Å². The first-order valence-electron chi connectivity index (χ1n) is 15.5. The maximum absolute atomic E-state index is 6.25. The zero-order chi connectivity index (χ0) is 29.4. The minimum Gasteiger partial charge on any atom is -0.375 e. The van der Waals surface area contributed by atoms with Gasteiger partial charge in [-0.1, -0.05) is 6.07 Å². The van der Waals surface area contributed by atoms with Crippen LogP contribution in [0.4, 0.5) is 22.7 Å². The number of nitrogens with zero attached hydrogens (tertiary/aromatic N) is 4. The minimum absolute atomic E-state index is 0.283. The van der Waals surface area contributed by atoms with Crippen molar-refractivity contribution in [1.29, 1.82) is 0 Å². The molecule has 4 atom stereocenters. The van der Waals surface area contributed by atoms with Crippen LogP contribution in [0.15, 0.2) is 79.1 Å². The van der Waals surface area contributed by atoms with Gasteiger partial charge in [-0.25, -0.2) is 4.98 Å². The van der Waals surface area contributed by atoms with E-state index < -0.39 is 0 Å². The number of aromatic amines is 1. The summed E-state index contributed by atoms with van der Waals surface area (Å²) in [6.07, 6.45) is 9.39. The Hall–Kier alpha value is -4.82. The summed E-state index contributed by atoms with van der Waals surface area (Å²) in [7, 11) is 0. The third kappa shape index (κ3) is 4.32. The number of H-pyrrole nitrogens is 1. The highest BCUT2D eigenvalue weighted by Crippen LogP contribution is 2.65. The van der Waals surface area contributed by atoms with Crippen molar-refractivity contribution in [2.75, 3.05) is 10.6 Å². The van der Waals surface area contributed by atoms with Crippen molar-refractivity contribution in [1.82, 2.24) is 24.9 Å². The number of hydrogen-bond acceptors (Lipinski definition) is 7. The fourth-order valence-corrected chi connectivity index (χ4v) is 7.62. The van der Waals surface area contributed by atoms with Crippen molar-refractivity contribution >= 4 is 44.7 Å². The summed E-state index contributed by atoms with van der Waals surface area (Å²) < 4.78 is 6.25. The van der Waals surface area contributed by atoms with Gasteiger partial charge in [-0.2, -0.15) is 0 Å². The van der Waals surface area contributed by atoms with E-state index in [0.717, 1.165) is 74.0 Å². The SMILES string of the molecule is Cc1cc(Nc2ccc3nc(-c4ccc(Nc5cc(C)nc6ccc(C78CC9CCC(O9)C7C8)cc56)cn4)[nH]c3c2)ccn1. The number of aromatic nitrogens is 5. The number of hydrogen-bond donors (Lipinski definition) is 3. The monoisotopic (exact) mass is 579 g/mol. The number of ether oxygens (including phenoxy) is 1. The maximum atomic E-state index is 6.25. The molecule has 1 saturated carbocycles. The molecule has 0 spiro atoms. The number of imidazole rings is 1. The molecule has 0 radical (unpaired) electrons. The number of nitrogens with one attached hydrogen (secondary N) is 3. The molecule has 9 rings (SSSR count). The second-order valence-electron chi connectivity index (χ2n) is 12.8. The Balaban J connectivity index is 0.976. The number of pyridine rings is 3. The highest BCUT2D eigenvalue weighted by Gasteiger charge is 2.64. The molecule has 2 aromatic carbocycles. The summed E-state index contributed by atoms with van der Waals surface area (Å²) in [6.45, 7) is 4.03. The van der Waals surface area contributed by atoms with Crippen molar-refractivity contribution in [3.05, 3.63) is 96.1 Å². The van der Waals surface area contributed by atoms with Crippen molar-refractivity contribution < 1.29 is 4.74 Å². The van der Waals surface area contributed by atoms with E-state index in [2.05, 4.69) is 57.0 Å². The zero-order valence-corrected chi connectivity index (χ0v) is 24.8. The summed E-state index contributed by atoms with van der Waals surface area (Å²) in [5.74, 6) is 1.40. The molecule has 4 aromatic heterocycles. The molecule has 8 nitrogen and oxygen atoms in total. The van der Waals surface area contributed by atoms with Gasteiger partial charge in [-0.05, 0) is 112 Å². The Morgan fingerprint density at radius 1 is 0.795 bits per heavy atom. The van der Waals surface area contributed by atoms with Gasteiger partial charge in [-0.3, -0.25) is 15.0 Å². The Morgan fingerprint density at radius 2 is 1.68 bits per heavy atom. The van der Waals surface area contributed by atoms with E-state index >= 15 is 0 Å². The van der Waals surface area contributed by atoms with Crippen LogP contribution in [0.25, 0.3) is 33.5 Å². The molecule has 44 heavy (non-hydrogen) atoms. The molecule has 0 amide bonds. The molecular formula is C36H33N7O. The minimum atomic E-state index is 0.283. The summed E-state index contributed by atoms with van der Waals surface area (Å²) in [4.78, 5) is 22.1. The van der Waals surface area contributed by atoms with Crippen LogP contribution in [0, 0.1) is 19.8 Å². The lowest BCUT2D eigenvalue weighted by Gasteiger charge is -2.29. The molecule has 6 heterocycles. The second kappa shape index (κ2) is 9.59. The molecule has 1 aliphatic carbocycles. The number of rotatable bonds is 6. The topological polar surface area (TPSA) is 101 Å². The Bertz CT molecular complexity index is 2070. The summed E-state index contributed by atoms with van der Waals surface area (Å²) in [5.41, 5.74) is 11.3. The van der Waals surface area contributed by atoms with Crippen LogP contribution in [-0.2, 0) is 10.2 Å². The molecule has 3 N–H and O–H groups in total. The average Bonchev–Trinajstić information content (AvgIpc) is 3.41. The molecule has 8 heteroatoms. The summed E-state index contributed by atoms with van der Waals surface area (Å²) >= 11 is 0. The van der Waals surface area contributed by atoms with Crippen LogP contribution >= 0.6 is 0 Å². The van der Waals surface area contributed by atoms with Gasteiger partial charge in [0.2, 0.25) is 0 Å². The lowest BCUT2D eigenvalue weighted by atomic mass is 9.85. The normalized spacial score (nSPS) is 23.5. The fourth-order valence-electron chi connectivity index (χ4n) is 7.62. The lowest BCUT2D eigenvalue weighted by Crippen LogP contribution is -2.29. The molecule has 6 aromatic rings. The maximum Gasteiger partial charge on any atom is 0.157 e. The van der Waals surface area contributed by atoms with E-state index in [9.17, 15) is 0 Å². The van der Waals surface area contributed by atoms with E-state index in [-0.39, 0.29) is 5.41 Å². The Morgan fingerprint density at radius 3 is 2.57 bits per heavy atom. The van der Waals surface area contributed by atoms with Gasteiger partial charge in [0.1, 0.15) is 5.69 Å². The predicted molar refractivity (Wildman–Crippen MR) is 174 cm³/mol. The molecule has 2 bridgehead atoms. The molecule has 218 valence electrons. The zero-order valence-electron chi connectivity index (χ0n) is 24.8. The van der Waals surface area contributed by atoms with Crippen molar-refractivity contribution in [2.24, 2.45) is 5.92 Å². The van der Waals surface area contributed by atoms with E-state index in [1.807, 2.05) is 56.6 Å². The quantitative estimate of drug-likeness (QED) is 0.185. The fraction of sp³-hybridized carbons (Fsp3) is 0.278. The predicted octanol–water partition coefficient (Wildman–Crippen LogP) is 7.88. The van der Waals surface area contributed by atoms with Gasteiger partial charge in [0.15, 0.2) is 5.82 Å². The van der Waals surface area contributed by atoms with E-state index in [4.69, 9.17) is 19.7 Å². The lowest BCUT2D eigenvalue weighted by molar-refractivity contribution is -0.00879. The molecular weight excluding hydrogens is 546 g/mol. The first-order valence-corrected chi connectivity index (χ1v) is 15.5. The molecule has 3 aliphatic rings. The average molecular weight is 580 g/mol. The number of anilines is 4. The van der Waals surface area contributed by atoms with Gasteiger partial charge in [0, 0.05) is 45.4 Å². The van der Waals surface area contributed by atoms with Crippen molar-refractivity contribution in [3.63, 3.8) is 0 Å². The highest BCUT2D eigenvalue weighted by atomic mass is 16.5. The number of aryl methyl sites for hydroxylation is 2. The second-order valence-corrected chi connectivity index (χ2v) is 12.8. The van der Waals surface area contributed by atoms with Crippen LogP contribution in [0.5, 0.6) is 0 Å². The Labute approximate surface area is 255 Å². The smallest absolute Gasteiger partial charge is 0.157 e. The molecule has 4 unspecified atom stereocenters. The van der Waals surface area contributed by atoms with Gasteiger partial charge in [0.25, 0.3) is 0 Å². The van der Waals surface area contributed by atoms with E-state index in [1.165, 1.54) is 24.8 Å². The number of benzene rings is 2. The van der Waals surface area contributed by atoms with Crippen LogP contribution in [0.2, 0.25) is 0 Å². The van der Waals surface area contributed by atoms with Crippen LogP contribution in [-0.4, -0.2) is 37.1 Å². The highest BCUT2D eigenvalue weighted by molar-refractivity contribution is 5.94. The van der Waals surface area contributed by atoms with Crippen molar-refractivity contribution in [2.45, 2.75) is 57.2 Å². The van der Waals surface area contributed by atoms with Gasteiger partial charge >= 0.3 is 0 Å². The first kappa shape index (κ1) is 25.7. The molecule has 2 aliphatic heterocycles. The van der Waals surface area contributed by atoms with Crippen LogP contribution in [0.1, 0.15) is 42.6 Å². The molecule has 2 saturated heterocycles. The standard InChI is InChI=1S/C36H33N7O/c1-20-13-24(11-12-37-20)40-23-4-8-30-33(16-23)43-35(42-30)31-9-5-25(19-38-31)41-32-14-21(2)39-29-7-3-22(15-27(29)32)36-17-26-6-10-34(44-26)28(36)18-36/h3-5,7-9,11-16,19,26,28,34H,6,10,17-18H2,1-2H3,(H,37,40)(H,39,41)(H,42,43). The Kier molecular flexibility index (Phi) is 5.59. The summed E-state index contributed by atoms with van der Waals surface area (Å²) in [6, 6.07) is 23.2. The first-order chi connectivity index (χ1) is 21.5. The van der Waals surface area contributed by atoms with Gasteiger partial charge in [0.05, 0.1) is 40.6 Å². The third-order valence-corrected chi connectivity index (χ3v) is 9.78. The van der Waals surface area contributed by atoms with Crippen LogP contribution < -0.4 is 10.6 Å². The van der Waals surface area contributed by atoms with Gasteiger partial charge in [-0.15, -0.1) is 0 Å². The van der Waals surface area contributed by atoms with Gasteiger partial charge < -0.3 is 20.4 Å². The number of fused-ring (bicyclic) bond motifs is 6. The van der Waals surface area contributed by atoms with Crippen LogP contribution in [0.3, 0.4) is 0 Å². The van der Waals surface area contributed by atoms with Crippen molar-refractivity contribution in [3.8, 4) is 11.5 Å². The largest absolute Gasteiger partial charge is 0.375 e. The van der Waals surface area contributed by atoms with E-state index in [0.29, 0.717) is 18.1 Å². The third-order valence-electron chi connectivity index (χ3n) is 9.78.